The first-order valence-corrected chi connectivity index (χ1v) is 8.62. The van der Waals surface area contributed by atoms with Crippen LogP contribution in [-0.2, 0) is 9.05 Å². The Kier molecular flexibility index (Phi) is 3.74. The number of rotatable bonds is 2. The summed E-state index contributed by atoms with van der Waals surface area (Å²) in [5.41, 5.74) is 1.17. The lowest BCUT2D eigenvalue weighted by Gasteiger charge is -2.27. The smallest absolute Gasteiger partial charge is 0.264 e. The van der Waals surface area contributed by atoms with Gasteiger partial charge in [-0.3, -0.25) is 4.68 Å². The van der Waals surface area contributed by atoms with Gasteiger partial charge in [0.05, 0.1) is 17.4 Å². The van der Waals surface area contributed by atoms with Gasteiger partial charge in [-0.1, -0.05) is 6.92 Å². The highest BCUT2D eigenvalue weighted by molar-refractivity contribution is 8.13. The zero-order valence-electron chi connectivity index (χ0n) is 11.0. The van der Waals surface area contributed by atoms with Gasteiger partial charge in [-0.2, -0.15) is 5.10 Å². The molecule has 0 bridgehead atoms. The summed E-state index contributed by atoms with van der Waals surface area (Å²) in [5.74, 6) is 0.759. The molecule has 18 heavy (non-hydrogen) atoms. The van der Waals surface area contributed by atoms with Crippen molar-refractivity contribution in [2.75, 3.05) is 0 Å². The molecule has 0 aromatic carbocycles. The summed E-state index contributed by atoms with van der Waals surface area (Å²) >= 11 is 0. The second kappa shape index (κ2) is 4.85. The molecule has 1 saturated carbocycles. The van der Waals surface area contributed by atoms with Crippen molar-refractivity contribution in [3.63, 3.8) is 0 Å². The zero-order chi connectivity index (χ0) is 13.5. The van der Waals surface area contributed by atoms with E-state index in [0.717, 1.165) is 18.8 Å². The molecule has 0 radical (unpaired) electrons. The maximum absolute atomic E-state index is 11.5. The highest BCUT2D eigenvalue weighted by Crippen LogP contribution is 2.34. The number of aromatic nitrogens is 2. The summed E-state index contributed by atoms with van der Waals surface area (Å²) in [6, 6.07) is 0.312. The number of halogens is 1. The molecule has 0 N–H and O–H groups in total. The molecule has 2 rings (SSSR count). The lowest BCUT2D eigenvalue weighted by atomic mass is 9.87. The fourth-order valence-electron chi connectivity index (χ4n) is 2.84. The predicted octanol–water partition coefficient (Wildman–Crippen LogP) is 3.18. The Balaban J connectivity index is 2.36. The molecule has 0 unspecified atom stereocenters. The molecule has 1 aromatic heterocycles. The van der Waals surface area contributed by atoms with Crippen molar-refractivity contribution < 1.29 is 8.42 Å². The third-order valence-electron chi connectivity index (χ3n) is 3.83. The Morgan fingerprint density at radius 3 is 2.22 bits per heavy atom. The van der Waals surface area contributed by atoms with Crippen molar-refractivity contribution in [2.45, 2.75) is 57.4 Å². The highest BCUT2D eigenvalue weighted by atomic mass is 35.7. The van der Waals surface area contributed by atoms with Crippen LogP contribution in [0.3, 0.4) is 0 Å². The zero-order valence-corrected chi connectivity index (χ0v) is 12.6. The molecule has 102 valence electrons. The number of aryl methyl sites for hydroxylation is 1. The molecule has 6 heteroatoms. The monoisotopic (exact) mass is 290 g/mol. The van der Waals surface area contributed by atoms with Crippen LogP contribution in [0.25, 0.3) is 0 Å². The summed E-state index contributed by atoms with van der Waals surface area (Å²) in [5, 5.41) is 4.38. The van der Waals surface area contributed by atoms with E-state index in [4.69, 9.17) is 10.7 Å². The molecule has 0 saturated heterocycles. The minimum Gasteiger partial charge on any atom is -0.265 e. The van der Waals surface area contributed by atoms with E-state index in [-0.39, 0.29) is 4.90 Å². The fourth-order valence-corrected chi connectivity index (χ4v) is 4.35. The van der Waals surface area contributed by atoms with Gasteiger partial charge in [-0.15, -0.1) is 0 Å². The minimum atomic E-state index is -3.70. The van der Waals surface area contributed by atoms with Crippen molar-refractivity contribution in [3.8, 4) is 0 Å². The van der Waals surface area contributed by atoms with E-state index < -0.39 is 9.05 Å². The van der Waals surface area contributed by atoms with E-state index in [9.17, 15) is 8.42 Å². The highest BCUT2D eigenvalue weighted by Gasteiger charge is 2.27. The molecule has 0 amide bonds. The summed E-state index contributed by atoms with van der Waals surface area (Å²) in [7, 11) is 1.76. The Labute approximate surface area is 113 Å². The van der Waals surface area contributed by atoms with Crippen molar-refractivity contribution >= 4 is 19.7 Å². The van der Waals surface area contributed by atoms with Crippen LogP contribution in [0.15, 0.2) is 4.90 Å². The van der Waals surface area contributed by atoms with Crippen molar-refractivity contribution in [2.24, 2.45) is 5.92 Å². The third-order valence-corrected chi connectivity index (χ3v) is 5.38. The quantitative estimate of drug-likeness (QED) is 0.786. The molecule has 0 aliphatic heterocycles. The van der Waals surface area contributed by atoms with E-state index >= 15 is 0 Å². The summed E-state index contributed by atoms with van der Waals surface area (Å²) in [4.78, 5) is 0.183. The SMILES string of the molecule is Cc1nn(C2CCC(C)CC2)c(C)c1S(=O)(=O)Cl. The van der Waals surface area contributed by atoms with Crippen LogP contribution in [0.5, 0.6) is 0 Å². The van der Waals surface area contributed by atoms with Crippen LogP contribution >= 0.6 is 10.7 Å². The van der Waals surface area contributed by atoms with E-state index in [1.54, 1.807) is 13.8 Å². The molecule has 4 nitrogen and oxygen atoms in total. The van der Waals surface area contributed by atoms with E-state index in [2.05, 4.69) is 12.0 Å². The van der Waals surface area contributed by atoms with Gasteiger partial charge in [0, 0.05) is 10.7 Å². The summed E-state index contributed by atoms with van der Waals surface area (Å²) in [6.07, 6.45) is 4.47. The first-order valence-electron chi connectivity index (χ1n) is 6.31. The molecular formula is C12H19ClN2O2S. The van der Waals surface area contributed by atoms with Gasteiger partial charge >= 0.3 is 0 Å². The van der Waals surface area contributed by atoms with E-state index in [1.807, 2.05) is 4.68 Å². The largest absolute Gasteiger partial charge is 0.265 e. The second-order valence-corrected chi connectivity index (χ2v) is 7.80. The lowest BCUT2D eigenvalue weighted by Crippen LogP contribution is -2.19. The minimum absolute atomic E-state index is 0.183. The normalized spacial score (nSPS) is 25.3. The van der Waals surface area contributed by atoms with Crippen LogP contribution < -0.4 is 0 Å². The Hall–Kier alpha value is -0.550. The molecular weight excluding hydrogens is 272 g/mol. The maximum atomic E-state index is 11.5. The molecule has 0 atom stereocenters. The number of hydrogen-bond donors (Lipinski definition) is 0. The molecule has 1 aliphatic rings. The van der Waals surface area contributed by atoms with Crippen LogP contribution in [0, 0.1) is 19.8 Å². The fraction of sp³-hybridized carbons (Fsp3) is 0.750. The number of nitrogens with zero attached hydrogens (tertiary/aromatic N) is 2. The van der Waals surface area contributed by atoms with Gasteiger partial charge in [0.2, 0.25) is 0 Å². The molecule has 1 aromatic rings. The van der Waals surface area contributed by atoms with Gasteiger partial charge in [-0.05, 0) is 45.4 Å². The molecule has 0 spiro atoms. The summed E-state index contributed by atoms with van der Waals surface area (Å²) in [6.45, 7) is 5.74. The van der Waals surface area contributed by atoms with Gasteiger partial charge in [0.15, 0.2) is 0 Å². The van der Waals surface area contributed by atoms with Gasteiger partial charge in [0.1, 0.15) is 4.90 Å². The third kappa shape index (κ3) is 2.57. The van der Waals surface area contributed by atoms with Crippen molar-refractivity contribution in [3.05, 3.63) is 11.4 Å². The van der Waals surface area contributed by atoms with E-state index in [1.165, 1.54) is 12.8 Å². The van der Waals surface area contributed by atoms with Gasteiger partial charge in [-0.25, -0.2) is 8.42 Å². The van der Waals surface area contributed by atoms with Crippen molar-refractivity contribution in [1.82, 2.24) is 9.78 Å². The van der Waals surface area contributed by atoms with E-state index in [0.29, 0.717) is 17.4 Å². The maximum Gasteiger partial charge on any atom is 0.264 e. The molecule has 1 heterocycles. The van der Waals surface area contributed by atoms with Crippen molar-refractivity contribution in [1.29, 1.82) is 0 Å². The first-order chi connectivity index (χ1) is 8.30. The Morgan fingerprint density at radius 1 is 1.22 bits per heavy atom. The average molecular weight is 291 g/mol. The summed E-state index contributed by atoms with van der Waals surface area (Å²) < 4.78 is 24.9. The average Bonchev–Trinajstić information content (AvgIpc) is 2.54. The van der Waals surface area contributed by atoms with Crippen LogP contribution in [0.1, 0.15) is 50.0 Å². The second-order valence-electron chi connectivity index (χ2n) is 5.30. The Bertz CT molecular complexity index is 543. The van der Waals surface area contributed by atoms with Gasteiger partial charge in [0.25, 0.3) is 9.05 Å². The first kappa shape index (κ1) is 13.9. The number of hydrogen-bond acceptors (Lipinski definition) is 3. The van der Waals surface area contributed by atoms with Gasteiger partial charge < -0.3 is 0 Å². The van der Waals surface area contributed by atoms with Crippen LogP contribution in [0.2, 0.25) is 0 Å². The van der Waals surface area contributed by atoms with Crippen LogP contribution in [-0.4, -0.2) is 18.2 Å². The lowest BCUT2D eigenvalue weighted by molar-refractivity contribution is 0.270. The predicted molar refractivity (Wildman–Crippen MR) is 71.4 cm³/mol. The molecule has 1 aliphatic carbocycles. The van der Waals surface area contributed by atoms with Crippen LogP contribution in [0.4, 0.5) is 0 Å². The topological polar surface area (TPSA) is 52.0 Å². The Morgan fingerprint density at radius 2 is 1.78 bits per heavy atom. The standard InChI is InChI=1S/C12H19ClN2O2S/c1-8-4-6-11(7-5-8)15-10(3)12(9(2)14-15)18(13,16)17/h8,11H,4-7H2,1-3H3. The molecule has 1 fully saturated rings.